The summed E-state index contributed by atoms with van der Waals surface area (Å²) in [6.45, 7) is 8.49. The van der Waals surface area contributed by atoms with Crippen LogP contribution in [0.3, 0.4) is 0 Å². The van der Waals surface area contributed by atoms with Crippen LogP contribution in [0.1, 0.15) is 48.7 Å². The number of fused-ring (bicyclic) bond motifs is 7. The highest BCUT2D eigenvalue weighted by atomic mass is 15.0. The Morgan fingerprint density at radius 2 is 1.45 bits per heavy atom. The van der Waals surface area contributed by atoms with Gasteiger partial charge in [0, 0.05) is 38.4 Å². The van der Waals surface area contributed by atoms with Gasteiger partial charge < -0.3 is 14.9 Å². The van der Waals surface area contributed by atoms with Gasteiger partial charge in [-0.3, -0.25) is 0 Å². The van der Waals surface area contributed by atoms with Crippen LogP contribution in [0.15, 0.2) is 151 Å². The average Bonchev–Trinajstić information content (AvgIpc) is 3.76. The van der Waals surface area contributed by atoms with Crippen LogP contribution < -0.4 is 5.73 Å². The summed E-state index contributed by atoms with van der Waals surface area (Å²) in [5.41, 5.74) is 23.5. The van der Waals surface area contributed by atoms with Gasteiger partial charge in [-0.25, -0.2) is 0 Å². The van der Waals surface area contributed by atoms with Gasteiger partial charge in [0.1, 0.15) is 0 Å². The largest absolute Gasteiger partial charge is 0.404 e. The van der Waals surface area contributed by atoms with E-state index in [2.05, 4.69) is 163 Å². The maximum absolute atomic E-state index is 6.36. The van der Waals surface area contributed by atoms with E-state index >= 15 is 0 Å². The monoisotopic (exact) mass is 631 g/mol. The van der Waals surface area contributed by atoms with E-state index in [0.29, 0.717) is 0 Å². The Balaban J connectivity index is 1.23. The lowest BCUT2D eigenvalue weighted by atomic mass is 9.85. The van der Waals surface area contributed by atoms with Crippen molar-refractivity contribution in [1.82, 2.24) is 9.13 Å². The second-order valence-corrected chi connectivity index (χ2v) is 13.1. The molecule has 9 rings (SSSR count). The molecule has 0 amide bonds. The van der Waals surface area contributed by atoms with Crippen molar-refractivity contribution in [3.05, 3.63) is 174 Å². The SMILES string of the molecule is C=Cc1c(/C=C\C)n(-c2ccccc2)c2cc(-c3ccc4c(c3)c3ccccc3n4C3C=C4C(=C(C)c5ccccc54)/C(=C\N)C3)ccc12. The Morgan fingerprint density at radius 3 is 2.24 bits per heavy atom. The van der Waals surface area contributed by atoms with E-state index in [1.165, 1.54) is 77.3 Å². The predicted octanol–water partition coefficient (Wildman–Crippen LogP) is 11.7. The smallest absolute Gasteiger partial charge is 0.0573 e. The molecule has 3 heteroatoms. The quantitative estimate of drug-likeness (QED) is 0.202. The molecule has 3 nitrogen and oxygen atoms in total. The van der Waals surface area contributed by atoms with Crippen LogP contribution in [0.25, 0.3) is 72.8 Å². The van der Waals surface area contributed by atoms with Gasteiger partial charge in [-0.2, -0.15) is 0 Å². The number of nitrogens with zero attached hydrogens (tertiary/aromatic N) is 2. The predicted molar refractivity (Wildman–Crippen MR) is 209 cm³/mol. The highest BCUT2D eigenvalue weighted by molar-refractivity contribution is 6.10. The molecule has 49 heavy (non-hydrogen) atoms. The minimum Gasteiger partial charge on any atom is -0.404 e. The standard InChI is InChI=1S/C46H37N3/c1-4-13-42-35(5-2)39-22-20-31(26-45(39)48(42)33-14-7-6-8-15-33)30-21-23-44-40(25-30)38-18-11-12-19-43(38)49(44)34-24-32(28-47)46-29(3)36-16-9-10-17-37(36)41(46)27-34/h4-23,25-28,34H,2,24,47H2,1,3H3/b13-4-,32-28-. The fourth-order valence-electron chi connectivity index (χ4n) is 8.44. The first kappa shape index (κ1) is 29.1. The van der Waals surface area contributed by atoms with Gasteiger partial charge in [0.05, 0.1) is 17.3 Å². The van der Waals surface area contributed by atoms with E-state index < -0.39 is 0 Å². The molecule has 0 fully saturated rings. The van der Waals surface area contributed by atoms with Gasteiger partial charge in [-0.05, 0) is 113 Å². The first-order chi connectivity index (χ1) is 24.1. The van der Waals surface area contributed by atoms with Gasteiger partial charge in [0.2, 0.25) is 0 Å². The first-order valence-electron chi connectivity index (χ1n) is 17.1. The third kappa shape index (κ3) is 4.29. The second kappa shape index (κ2) is 11.3. The molecular formula is C46H37N3. The van der Waals surface area contributed by atoms with Crippen molar-refractivity contribution in [2.45, 2.75) is 26.3 Å². The van der Waals surface area contributed by atoms with Crippen LogP contribution in [-0.2, 0) is 0 Å². The van der Waals surface area contributed by atoms with Gasteiger partial charge in [-0.1, -0.05) is 104 Å². The van der Waals surface area contributed by atoms with E-state index in [0.717, 1.165) is 23.4 Å². The van der Waals surface area contributed by atoms with Gasteiger partial charge in [0.25, 0.3) is 0 Å². The number of benzene rings is 5. The molecule has 2 aliphatic rings. The lowest BCUT2D eigenvalue weighted by molar-refractivity contribution is 0.633. The Hall–Kier alpha value is -6.06. The Kier molecular flexibility index (Phi) is 6.70. The fourth-order valence-corrected chi connectivity index (χ4v) is 8.44. The molecule has 7 aromatic rings. The number of allylic oxidation sites excluding steroid dienone is 6. The van der Waals surface area contributed by atoms with Crippen molar-refractivity contribution in [3.8, 4) is 16.8 Å². The van der Waals surface area contributed by atoms with Crippen LogP contribution >= 0.6 is 0 Å². The van der Waals surface area contributed by atoms with Crippen molar-refractivity contribution >= 4 is 56.0 Å². The number of hydrogen-bond acceptors (Lipinski definition) is 1. The van der Waals surface area contributed by atoms with Gasteiger partial charge in [0.15, 0.2) is 0 Å². The third-order valence-corrected chi connectivity index (χ3v) is 10.5. The topological polar surface area (TPSA) is 35.9 Å². The van der Waals surface area contributed by atoms with Crippen molar-refractivity contribution < 1.29 is 0 Å². The summed E-state index contributed by atoms with van der Waals surface area (Å²) >= 11 is 0. The van der Waals surface area contributed by atoms with E-state index in [1.54, 1.807) is 0 Å². The van der Waals surface area contributed by atoms with Gasteiger partial charge >= 0.3 is 0 Å². The summed E-state index contributed by atoms with van der Waals surface area (Å²) in [5.74, 6) is 0. The molecule has 0 radical (unpaired) electrons. The molecular weight excluding hydrogens is 595 g/mol. The molecule has 1 atom stereocenters. The zero-order valence-corrected chi connectivity index (χ0v) is 27.8. The summed E-state index contributed by atoms with van der Waals surface area (Å²) in [6.07, 6.45) is 11.4. The summed E-state index contributed by atoms with van der Waals surface area (Å²) < 4.78 is 4.88. The number of para-hydroxylation sites is 2. The second-order valence-electron chi connectivity index (χ2n) is 13.1. The number of rotatable bonds is 5. The molecule has 236 valence electrons. The summed E-state index contributed by atoms with van der Waals surface area (Å²) in [5, 5.41) is 3.71. The number of nitrogens with two attached hydrogens (primary N) is 1. The van der Waals surface area contributed by atoms with Crippen molar-refractivity contribution in [1.29, 1.82) is 0 Å². The van der Waals surface area contributed by atoms with Crippen molar-refractivity contribution in [3.63, 3.8) is 0 Å². The van der Waals surface area contributed by atoms with Crippen LogP contribution in [0, 0.1) is 0 Å². The Labute approximate surface area is 286 Å². The van der Waals surface area contributed by atoms with E-state index in [4.69, 9.17) is 5.73 Å². The summed E-state index contributed by atoms with van der Waals surface area (Å²) in [6, 6.07) is 42.1. The highest BCUT2D eigenvalue weighted by Gasteiger charge is 2.32. The molecule has 0 spiro atoms. The van der Waals surface area contributed by atoms with E-state index in [9.17, 15) is 0 Å². The summed E-state index contributed by atoms with van der Waals surface area (Å²) in [7, 11) is 0. The first-order valence-corrected chi connectivity index (χ1v) is 17.1. The van der Waals surface area contributed by atoms with Crippen LogP contribution in [-0.4, -0.2) is 9.13 Å². The lowest BCUT2D eigenvalue weighted by Gasteiger charge is -2.27. The minimum absolute atomic E-state index is 0.133. The lowest BCUT2D eigenvalue weighted by Crippen LogP contribution is -2.14. The molecule has 1 unspecified atom stereocenters. The normalized spacial score (nSPS) is 16.7. The molecule has 2 N–H and O–H groups in total. The third-order valence-electron chi connectivity index (χ3n) is 10.5. The minimum atomic E-state index is 0.133. The van der Waals surface area contributed by atoms with Crippen LogP contribution in [0.5, 0.6) is 0 Å². The molecule has 2 heterocycles. The average molecular weight is 632 g/mol. The molecule has 2 aliphatic carbocycles. The molecule has 2 aromatic heterocycles. The van der Waals surface area contributed by atoms with Crippen LogP contribution in [0.2, 0.25) is 0 Å². The zero-order chi connectivity index (χ0) is 33.2. The number of hydrogen-bond donors (Lipinski definition) is 1. The maximum atomic E-state index is 6.36. The molecule has 5 aromatic carbocycles. The number of aromatic nitrogens is 2. The fraction of sp³-hybridized carbons (Fsp3) is 0.0870. The van der Waals surface area contributed by atoms with Crippen LogP contribution in [0.4, 0.5) is 0 Å². The van der Waals surface area contributed by atoms with E-state index in [-0.39, 0.29) is 6.04 Å². The Morgan fingerprint density at radius 1 is 0.735 bits per heavy atom. The maximum Gasteiger partial charge on any atom is 0.0573 e. The Bertz CT molecular complexity index is 2620. The molecule has 0 saturated carbocycles. The molecule has 0 saturated heterocycles. The molecule has 0 aliphatic heterocycles. The van der Waals surface area contributed by atoms with Crippen molar-refractivity contribution in [2.75, 3.05) is 0 Å². The summed E-state index contributed by atoms with van der Waals surface area (Å²) in [4.78, 5) is 0. The highest BCUT2D eigenvalue weighted by Crippen LogP contribution is 2.51. The zero-order valence-electron chi connectivity index (χ0n) is 27.8. The van der Waals surface area contributed by atoms with Gasteiger partial charge in [-0.15, -0.1) is 0 Å². The molecule has 0 bridgehead atoms. The van der Waals surface area contributed by atoms with E-state index in [1.807, 2.05) is 12.3 Å². The van der Waals surface area contributed by atoms with Crippen molar-refractivity contribution in [2.24, 2.45) is 5.73 Å².